The Labute approximate surface area is 74.9 Å². The lowest BCUT2D eigenvalue weighted by Gasteiger charge is -2.36. The zero-order valence-electron chi connectivity index (χ0n) is 7.96. The van der Waals surface area contributed by atoms with Gasteiger partial charge in [0.15, 0.2) is 0 Å². The maximum Gasteiger partial charge on any atom is 0.0625 e. The van der Waals surface area contributed by atoms with E-state index in [-0.39, 0.29) is 0 Å². The van der Waals surface area contributed by atoms with Crippen LogP contribution < -0.4 is 0 Å². The third kappa shape index (κ3) is 1.50. The van der Waals surface area contributed by atoms with Crippen molar-refractivity contribution in [1.82, 2.24) is 4.90 Å². The molecule has 0 spiro atoms. The highest BCUT2D eigenvalue weighted by Gasteiger charge is 2.35. The Morgan fingerprint density at radius 1 is 1.42 bits per heavy atom. The minimum absolute atomic E-state index is 0.763. The van der Waals surface area contributed by atoms with E-state index < -0.39 is 0 Å². The predicted molar refractivity (Wildman–Crippen MR) is 49.2 cm³/mol. The maximum atomic E-state index is 5.53. The van der Waals surface area contributed by atoms with Gasteiger partial charge in [-0.25, -0.2) is 0 Å². The Kier molecular flexibility index (Phi) is 2.66. The van der Waals surface area contributed by atoms with Gasteiger partial charge >= 0.3 is 0 Å². The molecule has 0 bridgehead atoms. The minimum atomic E-state index is 0.763. The summed E-state index contributed by atoms with van der Waals surface area (Å²) in [7, 11) is 0. The van der Waals surface area contributed by atoms with Crippen LogP contribution in [-0.4, -0.2) is 37.2 Å². The molecule has 0 aromatic heterocycles. The lowest BCUT2D eigenvalue weighted by Crippen LogP contribution is -2.44. The summed E-state index contributed by atoms with van der Waals surface area (Å²) >= 11 is 0. The van der Waals surface area contributed by atoms with E-state index in [1.54, 1.807) is 0 Å². The molecule has 2 saturated heterocycles. The van der Waals surface area contributed by atoms with E-state index in [0.29, 0.717) is 0 Å². The quantitative estimate of drug-likeness (QED) is 0.621. The van der Waals surface area contributed by atoms with E-state index in [1.165, 1.54) is 32.4 Å². The maximum absolute atomic E-state index is 5.53. The lowest BCUT2D eigenvalue weighted by molar-refractivity contribution is 0.117. The van der Waals surface area contributed by atoms with Crippen molar-refractivity contribution >= 4 is 0 Å². The average Bonchev–Trinajstić information content (AvgIpc) is 2.53. The number of nitrogens with zero attached hydrogens (tertiary/aromatic N) is 1. The Hall–Kier alpha value is -0.0800. The molecule has 2 fully saturated rings. The summed E-state index contributed by atoms with van der Waals surface area (Å²) in [6, 6.07) is 0.763. The molecule has 2 heterocycles. The van der Waals surface area contributed by atoms with Crippen molar-refractivity contribution in [1.29, 1.82) is 0 Å². The predicted octanol–water partition coefficient (Wildman–Crippen LogP) is 1.51. The number of hydrogen-bond acceptors (Lipinski definition) is 2. The van der Waals surface area contributed by atoms with Crippen LogP contribution in [0.2, 0.25) is 0 Å². The van der Waals surface area contributed by atoms with Crippen molar-refractivity contribution in [2.24, 2.45) is 5.92 Å². The first-order valence-corrected chi connectivity index (χ1v) is 5.23. The molecule has 2 aliphatic heterocycles. The van der Waals surface area contributed by atoms with Crippen LogP contribution >= 0.6 is 0 Å². The van der Waals surface area contributed by atoms with Gasteiger partial charge in [-0.3, -0.25) is 4.90 Å². The molecular weight excluding hydrogens is 150 g/mol. The van der Waals surface area contributed by atoms with Crippen LogP contribution in [0.4, 0.5) is 0 Å². The van der Waals surface area contributed by atoms with Gasteiger partial charge in [-0.1, -0.05) is 6.92 Å². The van der Waals surface area contributed by atoms with Crippen LogP contribution in [0.5, 0.6) is 0 Å². The van der Waals surface area contributed by atoms with Crippen LogP contribution in [-0.2, 0) is 4.74 Å². The van der Waals surface area contributed by atoms with Crippen molar-refractivity contribution in [2.45, 2.75) is 32.2 Å². The van der Waals surface area contributed by atoms with Gasteiger partial charge in [-0.15, -0.1) is 0 Å². The summed E-state index contributed by atoms with van der Waals surface area (Å²) in [6.07, 6.45) is 4.05. The molecule has 2 rings (SSSR count). The van der Waals surface area contributed by atoms with E-state index in [4.69, 9.17) is 4.74 Å². The summed E-state index contributed by atoms with van der Waals surface area (Å²) in [5, 5.41) is 0. The molecule has 0 saturated carbocycles. The molecule has 2 aliphatic rings. The zero-order chi connectivity index (χ0) is 8.39. The van der Waals surface area contributed by atoms with E-state index >= 15 is 0 Å². The number of piperidine rings is 1. The number of likely N-dealkylation sites (tertiary alicyclic amines) is 1. The molecule has 0 aromatic rings. The van der Waals surface area contributed by atoms with E-state index in [9.17, 15) is 0 Å². The van der Waals surface area contributed by atoms with Crippen LogP contribution in [0.1, 0.15) is 26.2 Å². The molecule has 0 radical (unpaired) electrons. The van der Waals surface area contributed by atoms with Crippen molar-refractivity contribution in [2.75, 3.05) is 26.3 Å². The lowest BCUT2D eigenvalue weighted by atomic mass is 9.92. The Bertz CT molecular complexity index is 147. The molecule has 12 heavy (non-hydrogen) atoms. The Morgan fingerprint density at radius 2 is 2.33 bits per heavy atom. The molecule has 70 valence electrons. The van der Waals surface area contributed by atoms with Crippen LogP contribution in [0.25, 0.3) is 0 Å². The monoisotopic (exact) mass is 169 g/mol. The van der Waals surface area contributed by atoms with Gasteiger partial charge in [0.25, 0.3) is 0 Å². The van der Waals surface area contributed by atoms with Gasteiger partial charge in [0.1, 0.15) is 0 Å². The van der Waals surface area contributed by atoms with Crippen molar-refractivity contribution in [3.63, 3.8) is 0 Å². The highest BCUT2D eigenvalue weighted by Crippen LogP contribution is 2.28. The summed E-state index contributed by atoms with van der Waals surface area (Å²) < 4.78 is 5.53. The molecule has 0 aromatic carbocycles. The van der Waals surface area contributed by atoms with Crippen molar-refractivity contribution in [3.8, 4) is 0 Å². The first-order valence-electron chi connectivity index (χ1n) is 5.23. The van der Waals surface area contributed by atoms with Gasteiger partial charge < -0.3 is 4.74 Å². The minimum Gasteiger partial charge on any atom is -0.379 e. The molecule has 2 atom stereocenters. The fourth-order valence-corrected chi connectivity index (χ4v) is 2.55. The second kappa shape index (κ2) is 3.75. The Balaban J connectivity index is 1.94. The van der Waals surface area contributed by atoms with Gasteiger partial charge in [0, 0.05) is 12.0 Å². The van der Waals surface area contributed by atoms with E-state index in [1.807, 2.05) is 0 Å². The first kappa shape index (κ1) is 8.52. The second-order valence-electron chi connectivity index (χ2n) is 4.04. The normalized spacial score (nSPS) is 36.8. The summed E-state index contributed by atoms with van der Waals surface area (Å²) in [6.45, 7) is 6.85. The highest BCUT2D eigenvalue weighted by atomic mass is 16.5. The van der Waals surface area contributed by atoms with Gasteiger partial charge in [-0.05, 0) is 32.4 Å². The van der Waals surface area contributed by atoms with E-state index in [0.717, 1.165) is 25.2 Å². The standard InChI is InChI=1S/C10H19NO/c1-2-5-11-6-3-4-9-7-12-8-10(9)11/h9-10H,2-8H2,1H3/t9-,10+/m0/s1. The van der Waals surface area contributed by atoms with Crippen molar-refractivity contribution < 1.29 is 4.74 Å². The van der Waals surface area contributed by atoms with Gasteiger partial charge in [-0.2, -0.15) is 0 Å². The number of fused-ring (bicyclic) bond motifs is 1. The SMILES string of the molecule is CCCN1CCC[C@H]2COC[C@H]21. The van der Waals surface area contributed by atoms with E-state index in [2.05, 4.69) is 11.8 Å². The fraction of sp³-hybridized carbons (Fsp3) is 1.00. The first-order chi connectivity index (χ1) is 5.92. The van der Waals surface area contributed by atoms with Gasteiger partial charge in [0.2, 0.25) is 0 Å². The number of ether oxygens (including phenoxy) is 1. The third-order valence-corrected chi connectivity index (χ3v) is 3.16. The fourth-order valence-electron chi connectivity index (χ4n) is 2.55. The molecular formula is C10H19NO. The number of rotatable bonds is 2. The van der Waals surface area contributed by atoms with Crippen LogP contribution in [0, 0.1) is 5.92 Å². The van der Waals surface area contributed by atoms with Crippen LogP contribution in [0.15, 0.2) is 0 Å². The molecule has 0 aliphatic carbocycles. The molecule has 0 N–H and O–H groups in total. The third-order valence-electron chi connectivity index (χ3n) is 3.16. The molecule has 0 amide bonds. The van der Waals surface area contributed by atoms with Crippen molar-refractivity contribution in [3.05, 3.63) is 0 Å². The molecule has 2 nitrogen and oxygen atoms in total. The molecule has 0 unspecified atom stereocenters. The average molecular weight is 169 g/mol. The summed E-state index contributed by atoms with van der Waals surface area (Å²) in [5.41, 5.74) is 0. The highest BCUT2D eigenvalue weighted by molar-refractivity contribution is 4.87. The number of hydrogen-bond donors (Lipinski definition) is 0. The summed E-state index contributed by atoms with van der Waals surface area (Å²) in [4.78, 5) is 2.63. The smallest absolute Gasteiger partial charge is 0.0625 e. The zero-order valence-corrected chi connectivity index (χ0v) is 7.96. The second-order valence-corrected chi connectivity index (χ2v) is 4.04. The Morgan fingerprint density at radius 3 is 3.17 bits per heavy atom. The largest absolute Gasteiger partial charge is 0.379 e. The van der Waals surface area contributed by atoms with Gasteiger partial charge in [0.05, 0.1) is 13.2 Å². The topological polar surface area (TPSA) is 12.5 Å². The summed E-state index contributed by atoms with van der Waals surface area (Å²) in [5.74, 6) is 0.852. The van der Waals surface area contributed by atoms with Crippen LogP contribution in [0.3, 0.4) is 0 Å². The molecule has 2 heteroatoms.